The third kappa shape index (κ3) is 3.37. The van der Waals surface area contributed by atoms with Crippen LogP contribution >= 0.6 is 11.6 Å². The fraction of sp³-hybridized carbons (Fsp3) is 0.400. The molecule has 0 bridgehead atoms. The first-order valence-electron chi connectivity index (χ1n) is 6.77. The molecule has 0 unspecified atom stereocenters. The van der Waals surface area contributed by atoms with Crippen molar-refractivity contribution >= 4 is 11.6 Å². The minimum absolute atomic E-state index is 0.798. The lowest BCUT2D eigenvalue weighted by atomic mass is 10.1. The second-order valence-electron chi connectivity index (χ2n) is 4.52. The van der Waals surface area contributed by atoms with Gasteiger partial charge in [0.05, 0.1) is 0 Å². The Bertz CT molecular complexity index is 534. The van der Waals surface area contributed by atoms with Gasteiger partial charge < -0.3 is 9.88 Å². The number of hydrogen-bond acceptors (Lipinski definition) is 2. The Morgan fingerprint density at radius 3 is 2.84 bits per heavy atom. The molecule has 0 spiro atoms. The highest BCUT2D eigenvalue weighted by Gasteiger charge is 2.07. The van der Waals surface area contributed by atoms with Crippen LogP contribution in [0.2, 0.25) is 5.02 Å². The van der Waals surface area contributed by atoms with Crippen molar-refractivity contribution in [1.29, 1.82) is 0 Å². The van der Waals surface area contributed by atoms with Gasteiger partial charge in [0.25, 0.3) is 0 Å². The fourth-order valence-corrected chi connectivity index (χ4v) is 2.30. The molecular formula is C15H20ClN3. The number of nitrogens with zero attached hydrogens (tertiary/aromatic N) is 2. The van der Waals surface area contributed by atoms with Gasteiger partial charge in [0.2, 0.25) is 0 Å². The maximum Gasteiger partial charge on any atom is 0.139 e. The molecule has 0 radical (unpaired) electrons. The average Bonchev–Trinajstić information content (AvgIpc) is 2.89. The van der Waals surface area contributed by atoms with Gasteiger partial charge in [-0.25, -0.2) is 4.98 Å². The highest BCUT2D eigenvalue weighted by atomic mass is 35.5. The Kier molecular flexibility index (Phi) is 5.00. The van der Waals surface area contributed by atoms with Crippen molar-refractivity contribution in [2.45, 2.75) is 33.4 Å². The van der Waals surface area contributed by atoms with E-state index in [2.05, 4.69) is 40.8 Å². The van der Waals surface area contributed by atoms with Gasteiger partial charge in [0.1, 0.15) is 5.82 Å². The summed E-state index contributed by atoms with van der Waals surface area (Å²) in [4.78, 5) is 4.39. The molecule has 0 aliphatic carbocycles. The number of rotatable bonds is 6. The molecule has 1 heterocycles. The smallest absolute Gasteiger partial charge is 0.139 e. The van der Waals surface area contributed by atoms with E-state index >= 15 is 0 Å². The van der Waals surface area contributed by atoms with E-state index < -0.39 is 0 Å². The highest BCUT2D eigenvalue weighted by molar-refractivity contribution is 6.31. The van der Waals surface area contributed by atoms with Crippen LogP contribution in [-0.2, 0) is 13.1 Å². The van der Waals surface area contributed by atoms with Crippen molar-refractivity contribution in [3.05, 3.63) is 41.2 Å². The standard InChI is InChI=1S/C15H20ClN3/c1-3-7-17-11-13-6-5-12(10-14(13)16)15-18-8-9-19(15)4-2/h5-6,8-10,17H,3-4,7,11H2,1-2H3. The predicted octanol–water partition coefficient (Wildman–Crippen LogP) is 3.72. The van der Waals surface area contributed by atoms with Crippen LogP contribution in [0.1, 0.15) is 25.8 Å². The SMILES string of the molecule is CCCNCc1ccc(-c2nccn2CC)cc1Cl. The number of aryl methyl sites for hydroxylation is 1. The van der Waals surface area contributed by atoms with Crippen LogP contribution in [0.5, 0.6) is 0 Å². The summed E-state index contributed by atoms with van der Waals surface area (Å²) in [6.07, 6.45) is 4.94. The maximum absolute atomic E-state index is 6.34. The first-order valence-corrected chi connectivity index (χ1v) is 7.14. The summed E-state index contributed by atoms with van der Waals surface area (Å²) >= 11 is 6.34. The predicted molar refractivity (Wildman–Crippen MR) is 80.3 cm³/mol. The van der Waals surface area contributed by atoms with Crippen molar-refractivity contribution in [2.24, 2.45) is 0 Å². The molecule has 2 rings (SSSR count). The highest BCUT2D eigenvalue weighted by Crippen LogP contribution is 2.24. The Hall–Kier alpha value is -1.32. The van der Waals surface area contributed by atoms with Gasteiger partial charge in [0, 0.05) is 36.1 Å². The summed E-state index contributed by atoms with van der Waals surface area (Å²) in [5, 5.41) is 4.16. The number of imidazole rings is 1. The monoisotopic (exact) mass is 277 g/mol. The molecule has 0 fully saturated rings. The largest absolute Gasteiger partial charge is 0.331 e. The van der Waals surface area contributed by atoms with Crippen molar-refractivity contribution < 1.29 is 0 Å². The fourth-order valence-electron chi connectivity index (χ4n) is 2.05. The third-order valence-corrected chi connectivity index (χ3v) is 3.46. The second kappa shape index (κ2) is 6.73. The molecule has 102 valence electrons. The van der Waals surface area contributed by atoms with E-state index in [4.69, 9.17) is 11.6 Å². The normalized spacial score (nSPS) is 10.9. The van der Waals surface area contributed by atoms with E-state index in [0.717, 1.165) is 48.0 Å². The van der Waals surface area contributed by atoms with Crippen LogP contribution in [-0.4, -0.2) is 16.1 Å². The van der Waals surface area contributed by atoms with E-state index in [9.17, 15) is 0 Å². The van der Waals surface area contributed by atoms with Gasteiger partial charge in [0.15, 0.2) is 0 Å². The third-order valence-electron chi connectivity index (χ3n) is 3.11. The molecule has 1 N–H and O–H groups in total. The number of nitrogens with one attached hydrogen (secondary N) is 1. The number of aromatic nitrogens is 2. The molecule has 3 nitrogen and oxygen atoms in total. The Morgan fingerprint density at radius 1 is 1.32 bits per heavy atom. The van der Waals surface area contributed by atoms with E-state index in [0.29, 0.717) is 0 Å². The summed E-state index contributed by atoms with van der Waals surface area (Å²) in [5.41, 5.74) is 2.20. The molecule has 0 saturated carbocycles. The quantitative estimate of drug-likeness (QED) is 0.816. The van der Waals surface area contributed by atoms with Crippen LogP contribution in [0, 0.1) is 0 Å². The Labute approximate surface area is 119 Å². The molecule has 0 saturated heterocycles. The topological polar surface area (TPSA) is 29.9 Å². The number of hydrogen-bond donors (Lipinski definition) is 1. The average molecular weight is 278 g/mol. The van der Waals surface area contributed by atoms with Crippen LogP contribution in [0.15, 0.2) is 30.6 Å². The summed E-state index contributed by atoms with van der Waals surface area (Å²) in [7, 11) is 0. The van der Waals surface area contributed by atoms with Crippen LogP contribution < -0.4 is 5.32 Å². The minimum Gasteiger partial charge on any atom is -0.331 e. The Balaban J connectivity index is 2.19. The number of benzene rings is 1. The summed E-state index contributed by atoms with van der Waals surface area (Å²) in [5.74, 6) is 0.970. The van der Waals surface area contributed by atoms with Gasteiger partial charge in [-0.15, -0.1) is 0 Å². The van der Waals surface area contributed by atoms with Crippen molar-refractivity contribution in [1.82, 2.24) is 14.9 Å². The zero-order chi connectivity index (χ0) is 13.7. The molecule has 19 heavy (non-hydrogen) atoms. The Morgan fingerprint density at radius 2 is 2.16 bits per heavy atom. The summed E-state index contributed by atoms with van der Waals surface area (Å²) < 4.78 is 2.11. The van der Waals surface area contributed by atoms with Gasteiger partial charge >= 0.3 is 0 Å². The van der Waals surface area contributed by atoms with Crippen molar-refractivity contribution in [3.63, 3.8) is 0 Å². The summed E-state index contributed by atoms with van der Waals surface area (Å²) in [6, 6.07) is 6.16. The van der Waals surface area contributed by atoms with Gasteiger partial charge in [-0.1, -0.05) is 30.7 Å². The summed E-state index contributed by atoms with van der Waals surface area (Å²) in [6.45, 7) is 7.00. The lowest BCUT2D eigenvalue weighted by Crippen LogP contribution is -2.14. The zero-order valence-electron chi connectivity index (χ0n) is 11.5. The van der Waals surface area contributed by atoms with E-state index in [1.165, 1.54) is 0 Å². The minimum atomic E-state index is 0.798. The van der Waals surface area contributed by atoms with Gasteiger partial charge in [-0.2, -0.15) is 0 Å². The van der Waals surface area contributed by atoms with E-state index in [1.807, 2.05) is 18.5 Å². The molecule has 0 atom stereocenters. The van der Waals surface area contributed by atoms with Crippen molar-refractivity contribution in [3.8, 4) is 11.4 Å². The lowest BCUT2D eigenvalue weighted by Gasteiger charge is -2.09. The van der Waals surface area contributed by atoms with Crippen LogP contribution in [0.4, 0.5) is 0 Å². The van der Waals surface area contributed by atoms with E-state index in [-0.39, 0.29) is 0 Å². The first-order chi connectivity index (χ1) is 9.26. The van der Waals surface area contributed by atoms with Crippen LogP contribution in [0.25, 0.3) is 11.4 Å². The van der Waals surface area contributed by atoms with Crippen molar-refractivity contribution in [2.75, 3.05) is 6.54 Å². The zero-order valence-corrected chi connectivity index (χ0v) is 12.2. The molecule has 0 amide bonds. The number of halogens is 1. The van der Waals surface area contributed by atoms with E-state index in [1.54, 1.807) is 0 Å². The molecule has 2 aromatic rings. The van der Waals surface area contributed by atoms with Crippen LogP contribution in [0.3, 0.4) is 0 Å². The van der Waals surface area contributed by atoms with Gasteiger partial charge in [-0.05, 0) is 31.5 Å². The lowest BCUT2D eigenvalue weighted by molar-refractivity contribution is 0.675. The molecule has 0 aliphatic rings. The molecule has 0 aliphatic heterocycles. The molecule has 1 aromatic carbocycles. The second-order valence-corrected chi connectivity index (χ2v) is 4.93. The maximum atomic E-state index is 6.34. The first kappa shape index (κ1) is 14.1. The molecular weight excluding hydrogens is 258 g/mol. The molecule has 4 heteroatoms. The van der Waals surface area contributed by atoms with Gasteiger partial charge in [-0.3, -0.25) is 0 Å². The molecule has 1 aromatic heterocycles.